The summed E-state index contributed by atoms with van der Waals surface area (Å²) in [4.78, 5) is 16.3. The van der Waals surface area contributed by atoms with Gasteiger partial charge in [-0.3, -0.25) is 0 Å². The number of nitrogens with one attached hydrogen (secondary N) is 2. The number of nitrogens with zero attached hydrogens (tertiary/aromatic N) is 3. The Morgan fingerprint density at radius 2 is 1.96 bits per heavy atom. The second-order valence-electron chi connectivity index (χ2n) is 5.96. The van der Waals surface area contributed by atoms with E-state index in [4.69, 9.17) is 0 Å². The first-order valence-corrected chi connectivity index (χ1v) is 10.1. The second-order valence-corrected chi connectivity index (χ2v) is 8.23. The van der Waals surface area contributed by atoms with Crippen molar-refractivity contribution in [3.05, 3.63) is 61.1 Å². The van der Waals surface area contributed by atoms with Gasteiger partial charge in [-0.15, -0.1) is 0 Å². The second kappa shape index (κ2) is 6.81. The zero-order chi connectivity index (χ0) is 18.9. The Morgan fingerprint density at radius 3 is 2.81 bits per heavy atom. The highest BCUT2D eigenvalue weighted by atomic mass is 32.2. The van der Waals surface area contributed by atoms with E-state index in [-0.39, 0.29) is 10.6 Å². The van der Waals surface area contributed by atoms with E-state index in [9.17, 15) is 8.42 Å². The Kier molecular flexibility index (Phi) is 4.33. The highest BCUT2D eigenvalue weighted by Gasteiger charge is 2.12. The number of sulfone groups is 1. The lowest BCUT2D eigenvalue weighted by Gasteiger charge is -2.08. The molecule has 27 heavy (non-hydrogen) atoms. The van der Waals surface area contributed by atoms with Crippen molar-refractivity contribution >= 4 is 32.5 Å². The van der Waals surface area contributed by atoms with Gasteiger partial charge in [-0.25, -0.2) is 23.4 Å². The summed E-state index contributed by atoms with van der Waals surface area (Å²) in [6.07, 6.45) is 3.31. The van der Waals surface area contributed by atoms with Gasteiger partial charge in [0.1, 0.15) is 0 Å². The van der Waals surface area contributed by atoms with Crippen molar-refractivity contribution in [3.8, 4) is 11.3 Å². The molecular weight excluding hydrogens is 362 g/mol. The summed E-state index contributed by atoms with van der Waals surface area (Å²) in [6, 6.07) is 14.3. The van der Waals surface area contributed by atoms with Crippen LogP contribution in [0.3, 0.4) is 0 Å². The largest absolute Gasteiger partial charge is 0.345 e. The van der Waals surface area contributed by atoms with Crippen LogP contribution in [0.25, 0.3) is 22.3 Å². The van der Waals surface area contributed by atoms with E-state index in [1.807, 2.05) is 24.3 Å². The first kappa shape index (κ1) is 17.2. The van der Waals surface area contributed by atoms with Gasteiger partial charge in [0.15, 0.2) is 9.84 Å². The van der Waals surface area contributed by atoms with Crippen molar-refractivity contribution in [1.29, 1.82) is 0 Å². The van der Waals surface area contributed by atoms with Crippen molar-refractivity contribution in [2.24, 2.45) is 0 Å². The van der Waals surface area contributed by atoms with Crippen LogP contribution in [-0.2, 0) is 9.84 Å². The fourth-order valence-electron chi connectivity index (χ4n) is 2.74. The van der Waals surface area contributed by atoms with Crippen molar-refractivity contribution in [1.82, 2.24) is 19.9 Å². The van der Waals surface area contributed by atoms with E-state index in [1.165, 1.54) is 0 Å². The third-order valence-electron chi connectivity index (χ3n) is 4.20. The number of H-pyrrole nitrogens is 1. The molecule has 0 saturated heterocycles. The van der Waals surface area contributed by atoms with Crippen molar-refractivity contribution in [2.45, 2.75) is 11.8 Å². The maximum Gasteiger partial charge on any atom is 0.227 e. The van der Waals surface area contributed by atoms with Gasteiger partial charge >= 0.3 is 0 Å². The predicted octanol–water partition coefficient (Wildman–Crippen LogP) is 3.56. The van der Waals surface area contributed by atoms with Crippen molar-refractivity contribution in [2.75, 3.05) is 11.1 Å². The van der Waals surface area contributed by atoms with Crippen LogP contribution in [0.15, 0.2) is 66.0 Å². The Labute approximate surface area is 156 Å². The summed E-state index contributed by atoms with van der Waals surface area (Å²) in [5.41, 5.74) is 4.12. The molecular formula is C19H17N5O2S. The Balaban J connectivity index is 1.64. The molecule has 0 radical (unpaired) electrons. The number of hydrogen-bond donors (Lipinski definition) is 2. The van der Waals surface area contributed by atoms with Gasteiger partial charge in [-0.05, 0) is 36.4 Å². The Bertz CT molecular complexity index is 1220. The maximum atomic E-state index is 12.1. The monoisotopic (exact) mass is 379 g/mol. The fourth-order valence-corrected chi connectivity index (χ4v) is 3.66. The van der Waals surface area contributed by atoms with E-state index >= 15 is 0 Å². The van der Waals surface area contributed by atoms with Crippen LogP contribution in [-0.4, -0.2) is 34.1 Å². The van der Waals surface area contributed by atoms with E-state index in [0.29, 0.717) is 11.6 Å². The number of anilines is 2. The molecule has 4 aromatic rings. The Hall–Kier alpha value is -3.26. The van der Waals surface area contributed by atoms with Gasteiger partial charge in [0.2, 0.25) is 5.95 Å². The van der Waals surface area contributed by atoms with E-state index < -0.39 is 9.84 Å². The van der Waals surface area contributed by atoms with Crippen LogP contribution in [0.4, 0.5) is 11.6 Å². The zero-order valence-electron chi connectivity index (χ0n) is 14.5. The smallest absolute Gasteiger partial charge is 0.227 e. The van der Waals surface area contributed by atoms with E-state index in [1.54, 1.807) is 43.7 Å². The summed E-state index contributed by atoms with van der Waals surface area (Å²) >= 11 is 0. The first-order valence-electron chi connectivity index (χ1n) is 8.41. The fraction of sp³-hybridized carbons (Fsp3) is 0.105. The minimum absolute atomic E-state index is 0.0541. The SMILES string of the molecule is CCS(=O)(=O)c1cccc(Nc2nccc(-c3ccc4nc[nH]c4c3)n2)c1. The molecule has 0 fully saturated rings. The number of rotatable bonds is 5. The van der Waals surface area contributed by atoms with Gasteiger partial charge < -0.3 is 10.3 Å². The average molecular weight is 379 g/mol. The van der Waals surface area contributed by atoms with Gasteiger partial charge in [-0.1, -0.05) is 19.1 Å². The topological polar surface area (TPSA) is 101 Å². The average Bonchev–Trinajstić information content (AvgIpc) is 3.16. The third-order valence-corrected chi connectivity index (χ3v) is 5.93. The van der Waals surface area contributed by atoms with Gasteiger partial charge in [0, 0.05) is 17.4 Å². The molecule has 2 heterocycles. The summed E-state index contributed by atoms with van der Waals surface area (Å²) < 4.78 is 24.1. The number of benzene rings is 2. The van der Waals surface area contributed by atoms with Gasteiger partial charge in [0.25, 0.3) is 0 Å². The molecule has 2 aromatic carbocycles. The predicted molar refractivity (Wildman–Crippen MR) is 105 cm³/mol. The van der Waals surface area contributed by atoms with Crippen LogP contribution >= 0.6 is 0 Å². The molecule has 2 N–H and O–H groups in total. The van der Waals surface area contributed by atoms with Crippen molar-refractivity contribution < 1.29 is 8.42 Å². The molecule has 0 atom stereocenters. The molecule has 2 aromatic heterocycles. The highest BCUT2D eigenvalue weighted by Crippen LogP contribution is 2.23. The van der Waals surface area contributed by atoms with Crippen LogP contribution in [0.1, 0.15) is 6.92 Å². The summed E-state index contributed by atoms with van der Waals surface area (Å²) in [5, 5.41) is 3.08. The maximum absolute atomic E-state index is 12.1. The lowest BCUT2D eigenvalue weighted by Crippen LogP contribution is -2.04. The standard InChI is InChI=1S/C19H17N5O2S/c1-2-27(25,26)15-5-3-4-14(11-15)23-19-20-9-8-16(24-19)13-6-7-17-18(10-13)22-12-21-17/h3-12H,2H2,1H3,(H,21,22)(H,20,23,24). The minimum Gasteiger partial charge on any atom is -0.345 e. The normalized spacial score (nSPS) is 11.6. The van der Waals surface area contributed by atoms with Crippen LogP contribution in [0.5, 0.6) is 0 Å². The van der Waals surface area contributed by atoms with Crippen LogP contribution in [0, 0.1) is 0 Å². The first-order chi connectivity index (χ1) is 13.0. The van der Waals surface area contributed by atoms with Gasteiger partial charge in [-0.2, -0.15) is 0 Å². The van der Waals surface area contributed by atoms with Crippen molar-refractivity contribution in [3.63, 3.8) is 0 Å². The minimum atomic E-state index is -3.27. The summed E-state index contributed by atoms with van der Waals surface area (Å²) in [7, 11) is -3.27. The van der Waals surface area contributed by atoms with Crippen LogP contribution < -0.4 is 5.32 Å². The molecule has 4 rings (SSSR count). The number of fused-ring (bicyclic) bond motifs is 1. The van der Waals surface area contributed by atoms with E-state index in [2.05, 4.69) is 25.3 Å². The molecule has 8 heteroatoms. The highest BCUT2D eigenvalue weighted by molar-refractivity contribution is 7.91. The molecule has 7 nitrogen and oxygen atoms in total. The molecule has 0 aliphatic carbocycles. The van der Waals surface area contributed by atoms with Crippen LogP contribution in [0.2, 0.25) is 0 Å². The number of aromatic amines is 1. The molecule has 0 unspecified atom stereocenters. The number of imidazole rings is 1. The molecule has 136 valence electrons. The molecule has 0 amide bonds. The molecule has 0 saturated carbocycles. The summed E-state index contributed by atoms with van der Waals surface area (Å²) in [5.74, 6) is 0.446. The van der Waals surface area contributed by atoms with Gasteiger partial charge in [0.05, 0.1) is 33.7 Å². The lowest BCUT2D eigenvalue weighted by molar-refractivity contribution is 0.597. The Morgan fingerprint density at radius 1 is 1.07 bits per heavy atom. The molecule has 0 aliphatic rings. The zero-order valence-corrected chi connectivity index (χ0v) is 15.4. The summed E-state index contributed by atoms with van der Waals surface area (Å²) in [6.45, 7) is 1.62. The lowest BCUT2D eigenvalue weighted by atomic mass is 10.1. The third kappa shape index (κ3) is 3.52. The van der Waals surface area contributed by atoms with E-state index in [0.717, 1.165) is 22.3 Å². The number of aromatic nitrogens is 4. The number of hydrogen-bond acceptors (Lipinski definition) is 6. The quantitative estimate of drug-likeness (QED) is 0.550. The molecule has 0 spiro atoms. The molecule has 0 bridgehead atoms. The molecule has 0 aliphatic heterocycles.